The largest absolute Gasteiger partial charge is 0.497 e. The molecule has 160 valence electrons. The van der Waals surface area contributed by atoms with E-state index in [2.05, 4.69) is 15.7 Å². The third-order valence-corrected chi connectivity index (χ3v) is 5.56. The summed E-state index contributed by atoms with van der Waals surface area (Å²) in [4.78, 5) is 25.5. The highest BCUT2D eigenvalue weighted by Crippen LogP contribution is 2.39. The van der Waals surface area contributed by atoms with Crippen molar-refractivity contribution in [1.29, 1.82) is 0 Å². The number of benzene rings is 2. The van der Waals surface area contributed by atoms with E-state index in [1.165, 1.54) is 0 Å². The summed E-state index contributed by atoms with van der Waals surface area (Å²) < 4.78 is 7.00. The Labute approximate surface area is 181 Å². The van der Waals surface area contributed by atoms with Crippen LogP contribution in [0.4, 0.5) is 11.5 Å². The molecule has 7 nitrogen and oxygen atoms in total. The number of carbonyl (C=O) groups excluding carboxylic acids is 2. The lowest BCUT2D eigenvalue weighted by Crippen LogP contribution is -2.24. The van der Waals surface area contributed by atoms with Crippen LogP contribution in [0.5, 0.6) is 5.75 Å². The standard InChI is InChI=1S/C24H26N4O3/c1-5-18-22(16-7-6-8-17(12-16)31-4)23-26-24(30)20(28(23)27-18)13-21(29)25-19-11-14(2)9-10-15(19)3/h6-12,20H,5,13H2,1-4H3,(H,25,29)(H,26,30). The molecular formula is C24H26N4O3. The van der Waals surface area contributed by atoms with Gasteiger partial charge < -0.3 is 15.4 Å². The van der Waals surface area contributed by atoms with Gasteiger partial charge in [0.25, 0.3) is 5.91 Å². The minimum absolute atomic E-state index is 0.00853. The summed E-state index contributed by atoms with van der Waals surface area (Å²) in [5.74, 6) is 0.900. The van der Waals surface area contributed by atoms with Crippen molar-refractivity contribution in [3.05, 3.63) is 59.3 Å². The highest BCUT2D eigenvalue weighted by molar-refractivity contribution is 6.04. The summed E-state index contributed by atoms with van der Waals surface area (Å²) in [6.07, 6.45) is 0.707. The van der Waals surface area contributed by atoms with Gasteiger partial charge in [0.15, 0.2) is 0 Å². The zero-order valence-corrected chi connectivity index (χ0v) is 18.2. The molecule has 2 heterocycles. The summed E-state index contributed by atoms with van der Waals surface area (Å²) in [5.41, 5.74) is 5.44. The van der Waals surface area contributed by atoms with E-state index in [1.54, 1.807) is 11.8 Å². The Hall–Kier alpha value is -3.61. The second-order valence-corrected chi connectivity index (χ2v) is 7.78. The van der Waals surface area contributed by atoms with Gasteiger partial charge in [0.1, 0.15) is 17.6 Å². The lowest BCUT2D eigenvalue weighted by Gasteiger charge is -2.12. The Morgan fingerprint density at radius 1 is 1.23 bits per heavy atom. The normalized spacial score (nSPS) is 14.8. The molecule has 0 saturated carbocycles. The Bertz CT molecular complexity index is 1170. The van der Waals surface area contributed by atoms with Gasteiger partial charge in [-0.25, -0.2) is 4.68 Å². The van der Waals surface area contributed by atoms with Crippen molar-refractivity contribution in [2.24, 2.45) is 0 Å². The van der Waals surface area contributed by atoms with Crippen LogP contribution in [0, 0.1) is 13.8 Å². The predicted octanol–water partition coefficient (Wildman–Crippen LogP) is 4.26. The molecule has 0 aliphatic carbocycles. The van der Waals surface area contributed by atoms with E-state index in [-0.39, 0.29) is 18.2 Å². The number of ether oxygens (including phenoxy) is 1. The first-order valence-corrected chi connectivity index (χ1v) is 10.3. The molecule has 1 aliphatic heterocycles. The molecule has 0 radical (unpaired) electrons. The van der Waals surface area contributed by atoms with Gasteiger partial charge in [-0.1, -0.05) is 31.2 Å². The monoisotopic (exact) mass is 418 g/mol. The Morgan fingerprint density at radius 3 is 2.77 bits per heavy atom. The van der Waals surface area contributed by atoms with Gasteiger partial charge in [0.2, 0.25) is 5.91 Å². The van der Waals surface area contributed by atoms with Gasteiger partial charge in [-0.2, -0.15) is 5.10 Å². The fourth-order valence-corrected chi connectivity index (χ4v) is 3.89. The maximum absolute atomic E-state index is 12.8. The Morgan fingerprint density at radius 2 is 2.03 bits per heavy atom. The number of aryl methyl sites for hydroxylation is 3. The molecule has 3 aromatic rings. The third kappa shape index (κ3) is 3.91. The van der Waals surface area contributed by atoms with Crippen LogP contribution >= 0.6 is 0 Å². The number of carbonyl (C=O) groups is 2. The molecule has 1 aromatic heterocycles. The van der Waals surface area contributed by atoms with E-state index in [0.29, 0.717) is 12.2 Å². The Kier molecular flexibility index (Phi) is 5.50. The van der Waals surface area contributed by atoms with Crippen molar-refractivity contribution < 1.29 is 14.3 Å². The third-order valence-electron chi connectivity index (χ3n) is 5.56. The molecule has 2 aromatic carbocycles. The van der Waals surface area contributed by atoms with Crippen LogP contribution in [0.3, 0.4) is 0 Å². The maximum atomic E-state index is 12.8. The molecule has 2 N–H and O–H groups in total. The van der Waals surface area contributed by atoms with Crippen molar-refractivity contribution in [1.82, 2.24) is 9.78 Å². The van der Waals surface area contributed by atoms with Crippen LogP contribution < -0.4 is 15.4 Å². The zero-order valence-electron chi connectivity index (χ0n) is 18.2. The number of nitrogens with one attached hydrogen (secondary N) is 2. The highest BCUT2D eigenvalue weighted by atomic mass is 16.5. The van der Waals surface area contributed by atoms with E-state index >= 15 is 0 Å². The van der Waals surface area contributed by atoms with Gasteiger partial charge in [-0.15, -0.1) is 0 Å². The molecule has 1 unspecified atom stereocenters. The number of fused-ring (bicyclic) bond motifs is 1. The van der Waals surface area contributed by atoms with Gasteiger partial charge in [-0.3, -0.25) is 9.59 Å². The molecule has 31 heavy (non-hydrogen) atoms. The minimum atomic E-state index is -0.690. The van der Waals surface area contributed by atoms with E-state index in [4.69, 9.17) is 4.74 Å². The van der Waals surface area contributed by atoms with E-state index in [1.807, 2.05) is 63.2 Å². The van der Waals surface area contributed by atoms with E-state index in [9.17, 15) is 9.59 Å². The molecule has 4 rings (SSSR count). The molecule has 7 heteroatoms. The number of hydrogen-bond donors (Lipinski definition) is 2. The van der Waals surface area contributed by atoms with Gasteiger partial charge in [-0.05, 0) is 55.2 Å². The molecule has 0 spiro atoms. The van der Waals surface area contributed by atoms with E-state index in [0.717, 1.165) is 39.4 Å². The van der Waals surface area contributed by atoms with E-state index < -0.39 is 6.04 Å². The molecule has 0 bridgehead atoms. The topological polar surface area (TPSA) is 85.2 Å². The first-order chi connectivity index (χ1) is 14.9. The minimum Gasteiger partial charge on any atom is -0.497 e. The average Bonchev–Trinajstić information content (AvgIpc) is 3.26. The van der Waals surface area contributed by atoms with Crippen LogP contribution in [0.25, 0.3) is 11.1 Å². The molecule has 0 fully saturated rings. The molecule has 2 amide bonds. The number of hydrogen-bond acceptors (Lipinski definition) is 4. The van der Waals surface area contributed by atoms with Crippen LogP contribution in [-0.2, 0) is 16.0 Å². The number of amides is 2. The number of nitrogens with zero attached hydrogens (tertiary/aromatic N) is 2. The number of methoxy groups -OCH3 is 1. The number of rotatable bonds is 6. The van der Waals surface area contributed by atoms with Crippen molar-refractivity contribution in [2.75, 3.05) is 17.7 Å². The predicted molar refractivity (Wildman–Crippen MR) is 120 cm³/mol. The number of aromatic nitrogens is 2. The maximum Gasteiger partial charge on any atom is 0.251 e. The number of anilines is 2. The highest BCUT2D eigenvalue weighted by Gasteiger charge is 2.36. The molecule has 1 aliphatic rings. The lowest BCUT2D eigenvalue weighted by atomic mass is 10.0. The SMILES string of the molecule is CCc1nn2c(c1-c1cccc(OC)c1)NC(=O)C2CC(=O)Nc1cc(C)ccc1C. The summed E-state index contributed by atoms with van der Waals surface area (Å²) >= 11 is 0. The zero-order chi connectivity index (χ0) is 22.1. The van der Waals surface area contributed by atoms with Crippen molar-refractivity contribution >= 4 is 23.3 Å². The van der Waals surface area contributed by atoms with Gasteiger partial charge in [0.05, 0.1) is 19.2 Å². The van der Waals surface area contributed by atoms with Crippen molar-refractivity contribution in [3.8, 4) is 16.9 Å². The summed E-state index contributed by atoms with van der Waals surface area (Å²) in [7, 11) is 1.62. The van der Waals surface area contributed by atoms with Crippen LogP contribution in [0.1, 0.15) is 36.2 Å². The summed E-state index contributed by atoms with van der Waals surface area (Å²) in [6, 6.07) is 12.9. The van der Waals surface area contributed by atoms with Crippen molar-refractivity contribution in [2.45, 2.75) is 39.7 Å². The first-order valence-electron chi connectivity index (χ1n) is 10.3. The lowest BCUT2D eigenvalue weighted by molar-refractivity contribution is -0.123. The van der Waals surface area contributed by atoms with Crippen molar-refractivity contribution in [3.63, 3.8) is 0 Å². The van der Waals surface area contributed by atoms with Crippen LogP contribution in [0.15, 0.2) is 42.5 Å². The fourth-order valence-electron chi connectivity index (χ4n) is 3.89. The summed E-state index contributed by atoms with van der Waals surface area (Å²) in [5, 5.41) is 10.5. The smallest absolute Gasteiger partial charge is 0.251 e. The van der Waals surface area contributed by atoms with Crippen LogP contribution in [-0.4, -0.2) is 28.7 Å². The summed E-state index contributed by atoms with van der Waals surface area (Å²) in [6.45, 7) is 5.94. The second kappa shape index (κ2) is 8.26. The fraction of sp³-hybridized carbons (Fsp3) is 0.292. The average molecular weight is 418 g/mol. The Balaban J connectivity index is 1.63. The molecule has 0 saturated heterocycles. The van der Waals surface area contributed by atoms with Crippen LogP contribution in [0.2, 0.25) is 0 Å². The van der Waals surface area contributed by atoms with Gasteiger partial charge in [0, 0.05) is 11.3 Å². The second-order valence-electron chi connectivity index (χ2n) is 7.78. The van der Waals surface area contributed by atoms with Gasteiger partial charge >= 0.3 is 0 Å². The first kappa shape index (κ1) is 20.7. The molecular weight excluding hydrogens is 392 g/mol. The quantitative estimate of drug-likeness (QED) is 0.626. The molecule has 1 atom stereocenters.